The summed E-state index contributed by atoms with van der Waals surface area (Å²) in [7, 11) is 0. The Labute approximate surface area is 169 Å². The van der Waals surface area contributed by atoms with Crippen LogP contribution in [0.5, 0.6) is 0 Å². The van der Waals surface area contributed by atoms with Crippen LogP contribution in [0.3, 0.4) is 0 Å². The number of carbonyl (C=O) groups is 1. The van der Waals surface area contributed by atoms with Crippen molar-refractivity contribution in [3.05, 3.63) is 62.4 Å². The third-order valence-electron chi connectivity index (χ3n) is 4.90. The Morgan fingerprint density at radius 2 is 2.03 bits per heavy atom. The smallest absolute Gasteiger partial charge is 0.323 e. The molecule has 0 radical (unpaired) electrons. The third kappa shape index (κ3) is 3.65. The van der Waals surface area contributed by atoms with Crippen LogP contribution in [0.4, 0.5) is 10.1 Å². The van der Waals surface area contributed by atoms with Crippen molar-refractivity contribution < 1.29 is 14.3 Å². The van der Waals surface area contributed by atoms with Gasteiger partial charge in [0.15, 0.2) is 5.82 Å². The zero-order chi connectivity index (χ0) is 20.7. The highest BCUT2D eigenvalue weighted by molar-refractivity contribution is 7.15. The SMILES string of the molecule is Cc1nc(C)c(-c2nc3c(c(=O)n2CC(=O)O)N[C@H](c2ccc(F)cc2)CC3)s1. The highest BCUT2D eigenvalue weighted by Crippen LogP contribution is 2.33. The van der Waals surface area contributed by atoms with Gasteiger partial charge in [-0.05, 0) is 44.4 Å². The van der Waals surface area contributed by atoms with Crippen molar-refractivity contribution in [1.29, 1.82) is 0 Å². The van der Waals surface area contributed by atoms with Crippen LogP contribution < -0.4 is 10.9 Å². The van der Waals surface area contributed by atoms with E-state index in [-0.39, 0.29) is 11.9 Å². The van der Waals surface area contributed by atoms with Crippen LogP contribution in [-0.2, 0) is 17.8 Å². The quantitative estimate of drug-likeness (QED) is 0.680. The van der Waals surface area contributed by atoms with Gasteiger partial charge in [-0.1, -0.05) is 12.1 Å². The zero-order valence-electron chi connectivity index (χ0n) is 15.9. The molecule has 0 bridgehead atoms. The number of fused-ring (bicyclic) bond motifs is 1. The lowest BCUT2D eigenvalue weighted by molar-refractivity contribution is -0.137. The summed E-state index contributed by atoms with van der Waals surface area (Å²) >= 11 is 1.38. The predicted octanol–water partition coefficient (Wildman–Crippen LogP) is 3.31. The fourth-order valence-electron chi connectivity index (χ4n) is 3.59. The van der Waals surface area contributed by atoms with Crippen LogP contribution in [0.15, 0.2) is 29.1 Å². The molecular formula is C20H19FN4O3S. The molecule has 0 amide bonds. The standard InChI is InChI=1S/C20H19FN4O3S/c1-10-18(29-11(2)22-10)19-24-15-8-7-14(12-3-5-13(21)6-4-12)23-17(15)20(28)25(19)9-16(26)27/h3-6,14,23H,7-9H2,1-2H3,(H,26,27)/t14-/m0/s1. The molecule has 0 saturated carbocycles. The zero-order valence-corrected chi connectivity index (χ0v) is 16.7. The number of nitrogens with one attached hydrogen (secondary N) is 1. The van der Waals surface area contributed by atoms with Gasteiger partial charge < -0.3 is 10.4 Å². The minimum Gasteiger partial charge on any atom is -0.480 e. The number of thiazole rings is 1. The first kappa shape index (κ1) is 19.3. The molecule has 3 heterocycles. The summed E-state index contributed by atoms with van der Waals surface area (Å²) in [6, 6.07) is 5.95. The van der Waals surface area contributed by atoms with Gasteiger partial charge in [0.25, 0.3) is 5.56 Å². The molecule has 4 rings (SSSR count). The fraction of sp³-hybridized carbons (Fsp3) is 0.300. The van der Waals surface area contributed by atoms with Gasteiger partial charge in [0.2, 0.25) is 0 Å². The van der Waals surface area contributed by atoms with E-state index in [1.54, 1.807) is 12.1 Å². The van der Waals surface area contributed by atoms with Crippen molar-refractivity contribution in [2.75, 3.05) is 5.32 Å². The van der Waals surface area contributed by atoms with Crippen LogP contribution in [-0.4, -0.2) is 25.6 Å². The average molecular weight is 414 g/mol. The van der Waals surface area contributed by atoms with E-state index in [1.165, 1.54) is 28.0 Å². The number of carboxylic acids is 1. The summed E-state index contributed by atoms with van der Waals surface area (Å²) in [5.41, 5.74) is 2.06. The molecule has 1 aliphatic heterocycles. The molecule has 1 atom stereocenters. The first-order valence-electron chi connectivity index (χ1n) is 9.15. The Balaban J connectivity index is 1.81. The molecule has 150 valence electrons. The van der Waals surface area contributed by atoms with Gasteiger partial charge in [-0.2, -0.15) is 0 Å². The Bertz CT molecular complexity index is 1150. The van der Waals surface area contributed by atoms with Crippen molar-refractivity contribution in [2.45, 2.75) is 39.3 Å². The van der Waals surface area contributed by atoms with Gasteiger partial charge in [-0.3, -0.25) is 14.2 Å². The van der Waals surface area contributed by atoms with E-state index in [1.807, 2.05) is 13.8 Å². The third-order valence-corrected chi connectivity index (χ3v) is 5.97. The Morgan fingerprint density at radius 3 is 2.66 bits per heavy atom. The van der Waals surface area contributed by atoms with Gasteiger partial charge in [0.1, 0.15) is 18.0 Å². The molecule has 9 heteroatoms. The van der Waals surface area contributed by atoms with Crippen LogP contribution in [0.1, 0.15) is 34.4 Å². The number of rotatable bonds is 4. The first-order chi connectivity index (χ1) is 13.8. The van der Waals surface area contributed by atoms with Crippen molar-refractivity contribution in [3.8, 4) is 10.7 Å². The molecular weight excluding hydrogens is 395 g/mol. The van der Waals surface area contributed by atoms with Crippen LogP contribution in [0.25, 0.3) is 10.7 Å². The summed E-state index contributed by atoms with van der Waals surface area (Å²) in [6.45, 7) is 3.18. The topological polar surface area (TPSA) is 97.1 Å². The van der Waals surface area contributed by atoms with Crippen molar-refractivity contribution >= 4 is 23.0 Å². The summed E-state index contributed by atoms with van der Waals surface area (Å²) in [5, 5.41) is 13.4. The second-order valence-electron chi connectivity index (χ2n) is 6.98. The van der Waals surface area contributed by atoms with E-state index in [0.717, 1.165) is 10.6 Å². The molecule has 0 aliphatic carbocycles. The lowest BCUT2D eigenvalue weighted by atomic mass is 9.96. The molecule has 3 aromatic rings. The number of hydrogen-bond acceptors (Lipinski definition) is 6. The summed E-state index contributed by atoms with van der Waals surface area (Å²) < 4.78 is 14.4. The maximum atomic E-state index is 13.2. The van der Waals surface area contributed by atoms with E-state index >= 15 is 0 Å². The molecule has 0 fully saturated rings. The number of aromatic nitrogens is 3. The summed E-state index contributed by atoms with van der Waals surface area (Å²) in [6.07, 6.45) is 1.24. The van der Waals surface area contributed by atoms with E-state index in [2.05, 4.69) is 15.3 Å². The highest BCUT2D eigenvalue weighted by atomic mass is 32.1. The van der Waals surface area contributed by atoms with Gasteiger partial charge in [-0.15, -0.1) is 11.3 Å². The fourth-order valence-corrected chi connectivity index (χ4v) is 4.51. The minimum atomic E-state index is -1.13. The van der Waals surface area contributed by atoms with Gasteiger partial charge in [-0.25, -0.2) is 14.4 Å². The monoisotopic (exact) mass is 414 g/mol. The van der Waals surface area contributed by atoms with E-state index in [4.69, 9.17) is 0 Å². The van der Waals surface area contributed by atoms with Gasteiger partial charge in [0.05, 0.1) is 27.3 Å². The molecule has 29 heavy (non-hydrogen) atoms. The van der Waals surface area contributed by atoms with Crippen molar-refractivity contribution in [2.24, 2.45) is 0 Å². The highest BCUT2D eigenvalue weighted by Gasteiger charge is 2.27. The lowest BCUT2D eigenvalue weighted by Crippen LogP contribution is -2.33. The molecule has 1 aliphatic rings. The second kappa shape index (κ2) is 7.40. The van der Waals surface area contributed by atoms with Crippen LogP contribution in [0.2, 0.25) is 0 Å². The lowest BCUT2D eigenvalue weighted by Gasteiger charge is -2.27. The molecule has 1 aromatic carbocycles. The molecule has 0 unspecified atom stereocenters. The van der Waals surface area contributed by atoms with Crippen molar-refractivity contribution in [1.82, 2.24) is 14.5 Å². The molecule has 2 aromatic heterocycles. The summed E-state index contributed by atoms with van der Waals surface area (Å²) in [4.78, 5) is 34.4. The Hall–Kier alpha value is -3.07. The van der Waals surface area contributed by atoms with E-state index in [0.29, 0.717) is 40.6 Å². The number of carboxylic acid groups (broad SMARTS) is 1. The largest absolute Gasteiger partial charge is 0.480 e. The Morgan fingerprint density at radius 1 is 1.31 bits per heavy atom. The number of aryl methyl sites for hydroxylation is 3. The van der Waals surface area contributed by atoms with Crippen LogP contribution in [0, 0.1) is 19.7 Å². The number of halogens is 1. The molecule has 0 saturated heterocycles. The van der Waals surface area contributed by atoms with Gasteiger partial charge >= 0.3 is 5.97 Å². The maximum Gasteiger partial charge on any atom is 0.323 e. The predicted molar refractivity (Wildman–Crippen MR) is 108 cm³/mol. The average Bonchev–Trinajstić information content (AvgIpc) is 3.02. The number of nitrogens with zero attached hydrogens (tertiary/aromatic N) is 3. The number of aliphatic carboxylic acids is 1. The van der Waals surface area contributed by atoms with Crippen molar-refractivity contribution in [3.63, 3.8) is 0 Å². The number of hydrogen-bond donors (Lipinski definition) is 2. The maximum absolute atomic E-state index is 13.2. The molecule has 2 N–H and O–H groups in total. The molecule has 7 nitrogen and oxygen atoms in total. The number of benzene rings is 1. The van der Waals surface area contributed by atoms with E-state index in [9.17, 15) is 19.1 Å². The minimum absolute atomic E-state index is 0.172. The molecule has 0 spiro atoms. The first-order valence-corrected chi connectivity index (χ1v) is 9.97. The van der Waals surface area contributed by atoms with Crippen LogP contribution >= 0.6 is 11.3 Å². The van der Waals surface area contributed by atoms with Gasteiger partial charge in [0, 0.05) is 0 Å². The normalized spacial score (nSPS) is 15.6. The number of anilines is 1. The second-order valence-corrected chi connectivity index (χ2v) is 8.18. The van der Waals surface area contributed by atoms with E-state index < -0.39 is 18.1 Å². The Kier molecular flexibility index (Phi) is 4.91. The summed E-state index contributed by atoms with van der Waals surface area (Å²) in [5.74, 6) is -1.11.